The molecule has 5 N–H and O–H groups in total. The van der Waals surface area contributed by atoms with E-state index in [1.54, 1.807) is 14.2 Å². The molecular weight excluding hydrogens is 438 g/mol. The Morgan fingerprint density at radius 3 is 2.54 bits per heavy atom. The normalized spacial score (nSPS) is 14.3. The zero-order valence-corrected chi connectivity index (χ0v) is 20.2. The number of nitrogens with zero attached hydrogens (tertiary/aromatic N) is 2. The molecule has 0 amide bonds. The number of nitrogens with one attached hydrogen (secondary N) is 1. The van der Waals surface area contributed by atoms with Crippen molar-refractivity contribution in [3.63, 3.8) is 0 Å². The lowest BCUT2D eigenvalue weighted by Gasteiger charge is -2.31. The Bertz CT molecular complexity index is 1250. The number of allylic oxidation sites excluding steroid dienone is 1. The van der Waals surface area contributed by atoms with Gasteiger partial charge in [-0.2, -0.15) is 0 Å². The second-order valence-corrected chi connectivity index (χ2v) is 8.40. The van der Waals surface area contributed by atoms with E-state index in [9.17, 15) is 4.79 Å². The van der Waals surface area contributed by atoms with Crippen LogP contribution in [0, 0.1) is 11.8 Å². The van der Waals surface area contributed by atoms with Crippen molar-refractivity contribution in [2.24, 2.45) is 16.5 Å². The van der Waals surface area contributed by atoms with Crippen LogP contribution in [0.2, 0.25) is 0 Å². The summed E-state index contributed by atoms with van der Waals surface area (Å²) in [6.45, 7) is 12.5. The van der Waals surface area contributed by atoms with Gasteiger partial charge in [0.15, 0.2) is 11.8 Å². The van der Waals surface area contributed by atoms with E-state index in [0.717, 1.165) is 45.7 Å². The Morgan fingerprint density at radius 1 is 1.26 bits per heavy atom. The van der Waals surface area contributed by atoms with E-state index in [2.05, 4.69) is 41.9 Å². The lowest BCUT2D eigenvalue weighted by atomic mass is 9.99. The molecular formula is C28H31N5O2. The summed E-state index contributed by atoms with van der Waals surface area (Å²) in [5.41, 5.74) is 16.2. The number of ether oxygens (including phenoxy) is 1. The molecule has 7 heteroatoms. The lowest BCUT2D eigenvalue weighted by molar-refractivity contribution is -0.111. The van der Waals surface area contributed by atoms with Gasteiger partial charge in [0, 0.05) is 48.2 Å². The number of nitrogens with two attached hydrogens (primary N) is 2. The quantitative estimate of drug-likeness (QED) is 0.296. The monoisotopic (exact) mass is 469 g/mol. The predicted molar refractivity (Wildman–Crippen MR) is 141 cm³/mol. The van der Waals surface area contributed by atoms with Gasteiger partial charge >= 0.3 is 0 Å². The summed E-state index contributed by atoms with van der Waals surface area (Å²) >= 11 is 0. The summed E-state index contributed by atoms with van der Waals surface area (Å²) in [7, 11) is 3.34. The lowest BCUT2D eigenvalue weighted by Crippen LogP contribution is -2.53. The van der Waals surface area contributed by atoms with Crippen molar-refractivity contribution in [2.75, 3.05) is 20.7 Å². The van der Waals surface area contributed by atoms with Crippen molar-refractivity contribution < 1.29 is 9.53 Å². The molecule has 0 aliphatic carbocycles. The molecule has 1 aliphatic rings. The molecule has 3 rings (SSSR count). The molecule has 2 aromatic rings. The second-order valence-electron chi connectivity index (χ2n) is 8.40. The van der Waals surface area contributed by atoms with E-state index >= 15 is 0 Å². The number of hydrogen-bond donors (Lipinski definition) is 3. The minimum Gasteiger partial charge on any atom is -0.497 e. The minimum atomic E-state index is -1.28. The van der Waals surface area contributed by atoms with Crippen molar-refractivity contribution in [3.8, 4) is 17.6 Å². The summed E-state index contributed by atoms with van der Waals surface area (Å²) in [5.74, 6) is 7.07. The molecule has 0 spiro atoms. The highest BCUT2D eigenvalue weighted by atomic mass is 16.5. The van der Waals surface area contributed by atoms with E-state index in [-0.39, 0.29) is 12.4 Å². The molecule has 35 heavy (non-hydrogen) atoms. The molecule has 0 saturated heterocycles. The maximum Gasteiger partial charge on any atom is 0.174 e. The Kier molecular flexibility index (Phi) is 7.67. The summed E-state index contributed by atoms with van der Waals surface area (Å²) < 4.78 is 5.34. The zero-order chi connectivity index (χ0) is 25.6. The largest absolute Gasteiger partial charge is 0.497 e. The standard InChI is InChI=1S/C28H31N5O2/c1-19(29)14-27(31-4)23-8-6-22(7-9-23)12-13-28(18-34,32-21(3)30)17-33-16-24-10-11-25(35-5)15-26(24)20(33)2/h6-11,15,18,32H,1-3,14,16-17,29-30H2,4-5H3. The van der Waals surface area contributed by atoms with Crippen LogP contribution in [0.3, 0.4) is 0 Å². The molecule has 1 atom stereocenters. The van der Waals surface area contributed by atoms with Gasteiger partial charge in [-0.1, -0.05) is 49.8 Å². The first-order valence-electron chi connectivity index (χ1n) is 11.0. The first-order chi connectivity index (χ1) is 16.7. The number of hydrogen-bond acceptors (Lipinski definition) is 7. The van der Waals surface area contributed by atoms with Gasteiger partial charge in [0.25, 0.3) is 0 Å². The van der Waals surface area contributed by atoms with E-state index in [1.807, 2.05) is 47.4 Å². The summed E-state index contributed by atoms with van der Waals surface area (Å²) in [5, 5.41) is 2.96. The number of aldehydes is 1. The molecule has 0 aromatic heterocycles. The molecule has 0 fully saturated rings. The number of benzene rings is 2. The van der Waals surface area contributed by atoms with E-state index in [0.29, 0.717) is 18.7 Å². The van der Waals surface area contributed by atoms with Crippen LogP contribution < -0.4 is 21.5 Å². The van der Waals surface area contributed by atoms with Gasteiger partial charge in [0.05, 0.1) is 19.5 Å². The molecule has 2 aromatic carbocycles. The Labute approximate surface area is 206 Å². The Morgan fingerprint density at radius 2 is 1.97 bits per heavy atom. The fourth-order valence-electron chi connectivity index (χ4n) is 3.96. The molecule has 0 radical (unpaired) electrons. The third-order valence-electron chi connectivity index (χ3n) is 5.71. The predicted octanol–water partition coefficient (Wildman–Crippen LogP) is 2.77. The van der Waals surface area contributed by atoms with Crippen molar-refractivity contribution >= 4 is 17.7 Å². The molecule has 0 saturated carbocycles. The average molecular weight is 470 g/mol. The molecule has 1 heterocycles. The van der Waals surface area contributed by atoms with Crippen LogP contribution in [-0.4, -0.2) is 43.1 Å². The maximum atomic E-state index is 12.4. The number of methoxy groups -OCH3 is 1. The molecule has 0 bridgehead atoms. The van der Waals surface area contributed by atoms with Gasteiger partial charge in [-0.25, -0.2) is 0 Å². The third kappa shape index (κ3) is 5.92. The van der Waals surface area contributed by atoms with Crippen LogP contribution in [-0.2, 0) is 11.3 Å². The number of aliphatic imine (C=N–C) groups is 1. The number of carbonyl (C=O) groups excluding carboxylic acids is 1. The van der Waals surface area contributed by atoms with Crippen LogP contribution in [0.5, 0.6) is 5.75 Å². The van der Waals surface area contributed by atoms with Crippen LogP contribution in [0.15, 0.2) is 78.7 Å². The van der Waals surface area contributed by atoms with Crippen LogP contribution >= 0.6 is 0 Å². The van der Waals surface area contributed by atoms with E-state index in [1.165, 1.54) is 0 Å². The number of carbonyl (C=O) groups is 1. The topological polar surface area (TPSA) is 106 Å². The number of rotatable bonds is 9. The van der Waals surface area contributed by atoms with Crippen LogP contribution in [0.25, 0.3) is 5.70 Å². The molecule has 1 unspecified atom stereocenters. The highest BCUT2D eigenvalue weighted by molar-refractivity contribution is 6.01. The summed E-state index contributed by atoms with van der Waals surface area (Å²) in [6, 6.07) is 13.4. The van der Waals surface area contributed by atoms with Gasteiger partial charge < -0.3 is 26.4 Å². The third-order valence-corrected chi connectivity index (χ3v) is 5.71. The number of fused-ring (bicyclic) bond motifs is 1. The Balaban J connectivity index is 1.87. The molecule has 1 aliphatic heterocycles. The van der Waals surface area contributed by atoms with E-state index in [4.69, 9.17) is 16.2 Å². The first-order valence-corrected chi connectivity index (χ1v) is 11.0. The SMILES string of the molecule is C=C(N)CC(=NC)c1ccc(C#CC(C=O)(CN2Cc3ccc(OC)cc3C2=C)NC(=C)N)cc1. The fraction of sp³-hybridized carbons (Fsp3) is 0.214. The van der Waals surface area contributed by atoms with Crippen molar-refractivity contribution in [3.05, 3.63) is 96.0 Å². The maximum absolute atomic E-state index is 12.4. The van der Waals surface area contributed by atoms with Gasteiger partial charge in [-0.3, -0.25) is 9.79 Å². The average Bonchev–Trinajstić information content (AvgIpc) is 3.15. The molecule has 7 nitrogen and oxygen atoms in total. The van der Waals surface area contributed by atoms with Crippen molar-refractivity contribution in [1.29, 1.82) is 0 Å². The van der Waals surface area contributed by atoms with Crippen molar-refractivity contribution in [1.82, 2.24) is 10.2 Å². The first kappa shape index (κ1) is 25.2. The fourth-order valence-corrected chi connectivity index (χ4v) is 3.96. The van der Waals surface area contributed by atoms with Gasteiger partial charge in [-0.05, 0) is 35.4 Å². The highest BCUT2D eigenvalue weighted by Gasteiger charge is 2.34. The smallest absolute Gasteiger partial charge is 0.174 e. The summed E-state index contributed by atoms with van der Waals surface area (Å²) in [6.07, 6.45) is 1.25. The Hall–Kier alpha value is -4.44. The zero-order valence-electron chi connectivity index (χ0n) is 20.2. The van der Waals surface area contributed by atoms with Crippen LogP contribution in [0.1, 0.15) is 28.7 Å². The van der Waals surface area contributed by atoms with Gasteiger partial charge in [0.2, 0.25) is 0 Å². The summed E-state index contributed by atoms with van der Waals surface area (Å²) in [4.78, 5) is 18.6. The van der Waals surface area contributed by atoms with Gasteiger partial charge in [-0.15, -0.1) is 0 Å². The second kappa shape index (κ2) is 10.7. The minimum absolute atomic E-state index is 0.150. The molecule has 180 valence electrons. The van der Waals surface area contributed by atoms with E-state index < -0.39 is 5.54 Å². The van der Waals surface area contributed by atoms with Crippen LogP contribution in [0.4, 0.5) is 0 Å². The highest BCUT2D eigenvalue weighted by Crippen LogP contribution is 2.34. The van der Waals surface area contributed by atoms with Gasteiger partial charge in [0.1, 0.15) is 5.75 Å². The van der Waals surface area contributed by atoms with Crippen molar-refractivity contribution in [2.45, 2.75) is 18.5 Å².